The van der Waals surface area contributed by atoms with Gasteiger partial charge in [0.1, 0.15) is 29.1 Å². The Morgan fingerprint density at radius 3 is 2.47 bits per heavy atom. The third kappa shape index (κ3) is 7.57. The molecule has 0 spiro atoms. The molecule has 1 aromatic heterocycles. The van der Waals surface area contributed by atoms with E-state index < -0.39 is 18.0 Å². The standard InChI is InChI=1S/C24H33FN4O5/c1-14(2)21(26-24(31)32)13-29-23(30)18(12-20(27-29)16(5)28-34-15(3)4)8-7-17-11-19(25)9-10-22(17)33-6/h9-12,14-15,21,26H,7-8,13H2,1-6H3,(H,31,32)/b28-16+. The number of halogens is 1. The number of oxime groups is 1. The van der Waals surface area contributed by atoms with Gasteiger partial charge in [-0.05, 0) is 69.4 Å². The Hall–Kier alpha value is -3.43. The molecule has 0 aliphatic carbocycles. The molecule has 0 fully saturated rings. The largest absolute Gasteiger partial charge is 0.496 e. The van der Waals surface area contributed by atoms with E-state index >= 15 is 0 Å². The summed E-state index contributed by atoms with van der Waals surface area (Å²) in [4.78, 5) is 29.8. The number of aryl methyl sites for hydroxylation is 2. The molecule has 2 rings (SSSR count). The Kier molecular flexibility index (Phi) is 9.58. The number of hydrogen-bond donors (Lipinski definition) is 2. The molecule has 34 heavy (non-hydrogen) atoms. The maximum absolute atomic E-state index is 13.8. The van der Waals surface area contributed by atoms with E-state index in [-0.39, 0.29) is 24.1 Å². The molecule has 10 heteroatoms. The molecule has 1 aromatic carbocycles. The zero-order chi connectivity index (χ0) is 25.4. The van der Waals surface area contributed by atoms with Crippen LogP contribution in [0.25, 0.3) is 0 Å². The van der Waals surface area contributed by atoms with Crippen LogP contribution in [0, 0.1) is 11.7 Å². The van der Waals surface area contributed by atoms with Crippen LogP contribution in [0.5, 0.6) is 5.75 Å². The van der Waals surface area contributed by atoms with Crippen molar-refractivity contribution in [3.05, 3.63) is 57.3 Å². The minimum absolute atomic E-state index is 0.0469. The summed E-state index contributed by atoms with van der Waals surface area (Å²) in [6.45, 7) is 9.16. The van der Waals surface area contributed by atoms with Gasteiger partial charge in [0.2, 0.25) is 0 Å². The first-order chi connectivity index (χ1) is 16.0. The van der Waals surface area contributed by atoms with Crippen LogP contribution in [0.4, 0.5) is 9.18 Å². The van der Waals surface area contributed by atoms with E-state index in [9.17, 15) is 19.1 Å². The normalized spacial score (nSPS) is 12.7. The second-order valence-corrected chi connectivity index (χ2v) is 8.63. The van der Waals surface area contributed by atoms with E-state index in [1.165, 1.54) is 23.9 Å². The van der Waals surface area contributed by atoms with Gasteiger partial charge in [-0.1, -0.05) is 19.0 Å². The lowest BCUT2D eigenvalue weighted by Gasteiger charge is -2.22. The van der Waals surface area contributed by atoms with Crippen LogP contribution < -0.4 is 15.6 Å². The lowest BCUT2D eigenvalue weighted by atomic mass is 10.0. The van der Waals surface area contributed by atoms with E-state index in [0.29, 0.717) is 41.1 Å². The van der Waals surface area contributed by atoms with Crippen LogP contribution in [-0.4, -0.2) is 45.9 Å². The van der Waals surface area contributed by atoms with Crippen LogP contribution in [0.3, 0.4) is 0 Å². The fourth-order valence-electron chi connectivity index (χ4n) is 3.29. The number of methoxy groups -OCH3 is 1. The summed E-state index contributed by atoms with van der Waals surface area (Å²) in [6.07, 6.45) is -0.653. The van der Waals surface area contributed by atoms with E-state index in [1.807, 2.05) is 27.7 Å². The molecule has 0 radical (unpaired) electrons. The molecule has 9 nitrogen and oxygen atoms in total. The Balaban J connectivity index is 2.47. The van der Waals surface area contributed by atoms with Crippen molar-refractivity contribution in [3.63, 3.8) is 0 Å². The average molecular weight is 477 g/mol. The van der Waals surface area contributed by atoms with Crippen molar-refractivity contribution in [2.24, 2.45) is 11.1 Å². The second kappa shape index (κ2) is 12.2. The van der Waals surface area contributed by atoms with E-state index in [0.717, 1.165) is 0 Å². The van der Waals surface area contributed by atoms with Gasteiger partial charge in [0.05, 0.1) is 19.7 Å². The summed E-state index contributed by atoms with van der Waals surface area (Å²) in [5.41, 5.74) is 1.62. The number of benzene rings is 1. The molecule has 0 bridgehead atoms. The third-order valence-electron chi connectivity index (χ3n) is 5.21. The Morgan fingerprint density at radius 1 is 1.21 bits per heavy atom. The molecular formula is C24H33FN4O5. The Labute approximate surface area is 198 Å². The maximum atomic E-state index is 13.8. The van der Waals surface area contributed by atoms with Gasteiger partial charge in [-0.15, -0.1) is 0 Å². The van der Waals surface area contributed by atoms with Gasteiger partial charge in [0, 0.05) is 5.56 Å². The molecular weight excluding hydrogens is 443 g/mol. The molecule has 2 aromatic rings. The van der Waals surface area contributed by atoms with E-state index in [1.54, 1.807) is 19.1 Å². The number of aromatic nitrogens is 2. The summed E-state index contributed by atoms with van der Waals surface area (Å²) in [7, 11) is 1.50. The highest BCUT2D eigenvalue weighted by Crippen LogP contribution is 2.21. The fourth-order valence-corrected chi connectivity index (χ4v) is 3.29. The van der Waals surface area contributed by atoms with Gasteiger partial charge in [0.15, 0.2) is 0 Å². The van der Waals surface area contributed by atoms with Crippen molar-refractivity contribution in [1.82, 2.24) is 15.1 Å². The molecule has 0 aliphatic rings. The molecule has 0 saturated carbocycles. The fraction of sp³-hybridized carbons (Fsp3) is 0.500. The van der Waals surface area contributed by atoms with Crippen molar-refractivity contribution < 1.29 is 23.9 Å². The highest BCUT2D eigenvalue weighted by molar-refractivity contribution is 5.96. The molecule has 1 atom stereocenters. The molecule has 2 N–H and O–H groups in total. The van der Waals surface area contributed by atoms with Gasteiger partial charge in [-0.2, -0.15) is 5.10 Å². The maximum Gasteiger partial charge on any atom is 0.404 e. The number of carboxylic acid groups (broad SMARTS) is 1. The third-order valence-corrected chi connectivity index (χ3v) is 5.21. The minimum Gasteiger partial charge on any atom is -0.496 e. The van der Waals surface area contributed by atoms with Crippen LogP contribution in [0.1, 0.15) is 51.4 Å². The summed E-state index contributed by atoms with van der Waals surface area (Å²) in [6, 6.07) is 5.36. The zero-order valence-electron chi connectivity index (χ0n) is 20.5. The van der Waals surface area contributed by atoms with Crippen molar-refractivity contribution in [2.75, 3.05) is 7.11 Å². The van der Waals surface area contributed by atoms with Crippen LogP contribution in [-0.2, 0) is 24.2 Å². The molecule has 1 unspecified atom stereocenters. The van der Waals surface area contributed by atoms with Crippen molar-refractivity contribution >= 4 is 11.8 Å². The van der Waals surface area contributed by atoms with Gasteiger partial charge < -0.3 is 20.0 Å². The lowest BCUT2D eigenvalue weighted by molar-refractivity contribution is 0.0859. The Bertz CT molecular complexity index is 1080. The first kappa shape index (κ1) is 26.8. The molecule has 0 aliphatic heterocycles. The quantitative estimate of drug-likeness (QED) is 0.378. The second-order valence-electron chi connectivity index (χ2n) is 8.63. The number of amides is 1. The lowest BCUT2D eigenvalue weighted by Crippen LogP contribution is -2.44. The number of nitrogens with zero attached hydrogens (tertiary/aromatic N) is 3. The Morgan fingerprint density at radius 2 is 1.88 bits per heavy atom. The number of ether oxygens (including phenoxy) is 1. The average Bonchev–Trinajstić information content (AvgIpc) is 2.77. The molecule has 186 valence electrons. The van der Waals surface area contributed by atoms with Crippen LogP contribution in [0.2, 0.25) is 0 Å². The number of nitrogens with one attached hydrogen (secondary N) is 1. The smallest absolute Gasteiger partial charge is 0.404 e. The number of rotatable bonds is 11. The first-order valence-electron chi connectivity index (χ1n) is 11.2. The van der Waals surface area contributed by atoms with Crippen molar-refractivity contribution in [1.29, 1.82) is 0 Å². The van der Waals surface area contributed by atoms with E-state index in [4.69, 9.17) is 9.57 Å². The van der Waals surface area contributed by atoms with Crippen molar-refractivity contribution in [2.45, 2.75) is 66.2 Å². The van der Waals surface area contributed by atoms with E-state index in [2.05, 4.69) is 15.6 Å². The molecule has 1 amide bonds. The van der Waals surface area contributed by atoms with Gasteiger partial charge in [-0.25, -0.2) is 13.9 Å². The monoisotopic (exact) mass is 476 g/mol. The summed E-state index contributed by atoms with van der Waals surface area (Å²) in [5.74, 6) is 0.0640. The summed E-state index contributed by atoms with van der Waals surface area (Å²) in [5, 5.41) is 20.1. The van der Waals surface area contributed by atoms with Crippen LogP contribution in [0.15, 0.2) is 34.2 Å². The van der Waals surface area contributed by atoms with Gasteiger partial charge in [-0.3, -0.25) is 4.79 Å². The van der Waals surface area contributed by atoms with Crippen molar-refractivity contribution in [3.8, 4) is 5.75 Å². The first-order valence-corrected chi connectivity index (χ1v) is 11.2. The minimum atomic E-state index is -1.18. The van der Waals surface area contributed by atoms with Crippen LogP contribution >= 0.6 is 0 Å². The highest BCUT2D eigenvalue weighted by atomic mass is 19.1. The SMILES string of the molecule is COc1ccc(F)cc1CCc1cc(/C(C)=N/OC(C)C)nn(CC(NC(=O)O)C(C)C)c1=O. The van der Waals surface area contributed by atoms with Gasteiger partial charge in [0.25, 0.3) is 5.56 Å². The summed E-state index contributed by atoms with van der Waals surface area (Å²) < 4.78 is 20.3. The molecule has 0 saturated heterocycles. The highest BCUT2D eigenvalue weighted by Gasteiger charge is 2.20. The topological polar surface area (TPSA) is 115 Å². The number of carbonyl (C=O) groups is 1. The number of hydrogen-bond acceptors (Lipinski definition) is 6. The zero-order valence-corrected chi connectivity index (χ0v) is 20.5. The summed E-state index contributed by atoms with van der Waals surface area (Å²) >= 11 is 0. The molecule has 1 heterocycles. The predicted molar refractivity (Wildman–Crippen MR) is 127 cm³/mol. The van der Waals surface area contributed by atoms with Gasteiger partial charge >= 0.3 is 6.09 Å². The predicted octanol–water partition coefficient (Wildman–Crippen LogP) is 3.62.